The van der Waals surface area contributed by atoms with Crippen molar-refractivity contribution in [2.45, 2.75) is 69.2 Å². The van der Waals surface area contributed by atoms with Crippen LogP contribution in [-0.2, 0) is 10.2 Å². The van der Waals surface area contributed by atoms with Gasteiger partial charge >= 0.3 is 6.61 Å². The van der Waals surface area contributed by atoms with Crippen molar-refractivity contribution < 1.29 is 18.3 Å². The van der Waals surface area contributed by atoms with E-state index in [1.165, 1.54) is 12.1 Å². The Bertz CT molecular complexity index is 903. The first-order valence-electron chi connectivity index (χ1n) is 10.4. The maximum absolute atomic E-state index is 13.3. The summed E-state index contributed by atoms with van der Waals surface area (Å²) in [5.74, 6) is 1.16. The molecule has 2 saturated heterocycles. The first kappa shape index (κ1) is 19.2. The van der Waals surface area contributed by atoms with Crippen LogP contribution in [0.2, 0.25) is 0 Å². The lowest BCUT2D eigenvalue weighted by molar-refractivity contribution is -0.124. The number of H-pyrrole nitrogens is 1. The van der Waals surface area contributed by atoms with E-state index in [9.17, 15) is 13.6 Å². The van der Waals surface area contributed by atoms with Gasteiger partial charge in [0.1, 0.15) is 5.75 Å². The summed E-state index contributed by atoms with van der Waals surface area (Å²) in [6, 6.07) is 6.96. The van der Waals surface area contributed by atoms with Gasteiger partial charge in [0.25, 0.3) is 0 Å². The van der Waals surface area contributed by atoms with Crippen LogP contribution in [-0.4, -0.2) is 51.3 Å². The average Bonchev–Trinajstić information content (AvgIpc) is 3.19. The summed E-state index contributed by atoms with van der Waals surface area (Å²) in [5, 5.41) is 17.7. The summed E-state index contributed by atoms with van der Waals surface area (Å²) >= 11 is 0. The molecule has 0 spiro atoms. The molecular weight excluding hydrogens is 394 g/mol. The average molecular weight is 418 g/mol. The first-order valence-corrected chi connectivity index (χ1v) is 10.4. The lowest BCUT2D eigenvalue weighted by atomic mass is 9.87. The van der Waals surface area contributed by atoms with Gasteiger partial charge in [0.05, 0.1) is 11.5 Å². The molecule has 10 heteroatoms. The predicted molar refractivity (Wildman–Crippen MR) is 103 cm³/mol. The van der Waals surface area contributed by atoms with E-state index in [-0.39, 0.29) is 23.7 Å². The number of anilines is 1. The third kappa shape index (κ3) is 3.18. The highest BCUT2D eigenvalue weighted by Crippen LogP contribution is 2.49. The Hall–Kier alpha value is -2.78. The molecular formula is C20H24F2N6O2. The summed E-state index contributed by atoms with van der Waals surface area (Å²) in [6.07, 6.45) is 4.44. The number of alkyl halides is 2. The van der Waals surface area contributed by atoms with Crippen molar-refractivity contribution in [1.29, 1.82) is 0 Å². The lowest BCUT2D eigenvalue weighted by Gasteiger charge is -2.43. The number of ether oxygens (including phenoxy) is 1. The summed E-state index contributed by atoms with van der Waals surface area (Å²) in [6.45, 7) is -0.656. The second-order valence-corrected chi connectivity index (χ2v) is 8.62. The highest BCUT2D eigenvalue weighted by molar-refractivity contribution is 5.91. The third-order valence-corrected chi connectivity index (χ3v) is 6.93. The van der Waals surface area contributed by atoms with Crippen LogP contribution in [0.3, 0.4) is 0 Å². The van der Waals surface area contributed by atoms with Crippen LogP contribution in [0.25, 0.3) is 0 Å². The third-order valence-electron chi connectivity index (χ3n) is 6.93. The van der Waals surface area contributed by atoms with Crippen LogP contribution >= 0.6 is 0 Å². The van der Waals surface area contributed by atoms with E-state index in [1.54, 1.807) is 12.1 Å². The molecule has 4 atom stereocenters. The van der Waals surface area contributed by atoms with Gasteiger partial charge in [0.2, 0.25) is 11.9 Å². The van der Waals surface area contributed by atoms with Gasteiger partial charge in [0, 0.05) is 12.1 Å². The number of hydrogen-bond donors (Lipinski definition) is 2. The highest BCUT2D eigenvalue weighted by atomic mass is 19.3. The molecule has 1 aliphatic carbocycles. The summed E-state index contributed by atoms with van der Waals surface area (Å²) in [4.78, 5) is 15.5. The smallest absolute Gasteiger partial charge is 0.387 e. The standard InChI is InChI=1S/C20H24F2N6O2/c1-11-10-14(16-7-6-15(11)28(16)19-24-26-27-25-19)23-17(29)20(8-9-20)12-2-4-13(5-3-12)30-18(21)22/h2-5,11,14-16,18H,6-10H2,1H3,(H,23,29)(H,24,25,26,27)/t11-,14?,15-,16+/m1/s1. The molecule has 2 N–H and O–H groups in total. The maximum atomic E-state index is 13.3. The Morgan fingerprint density at radius 1 is 1.27 bits per heavy atom. The number of rotatable bonds is 6. The van der Waals surface area contributed by atoms with Gasteiger partial charge in [-0.05, 0) is 66.1 Å². The fraction of sp³-hybridized carbons (Fsp3) is 0.600. The quantitative estimate of drug-likeness (QED) is 0.748. The van der Waals surface area contributed by atoms with Gasteiger partial charge in [-0.3, -0.25) is 4.79 Å². The van der Waals surface area contributed by atoms with Crippen LogP contribution in [0.15, 0.2) is 24.3 Å². The van der Waals surface area contributed by atoms with Crippen LogP contribution in [0, 0.1) is 5.92 Å². The van der Waals surface area contributed by atoms with Crippen molar-refractivity contribution in [1.82, 2.24) is 25.9 Å². The number of tetrazole rings is 1. The molecule has 3 fully saturated rings. The number of amides is 1. The number of carbonyl (C=O) groups is 1. The van der Waals surface area contributed by atoms with E-state index < -0.39 is 12.0 Å². The summed E-state index contributed by atoms with van der Waals surface area (Å²) in [5.41, 5.74) is 0.256. The van der Waals surface area contributed by atoms with Crippen molar-refractivity contribution in [3.63, 3.8) is 0 Å². The number of benzene rings is 1. The lowest BCUT2D eigenvalue weighted by Crippen LogP contribution is -2.58. The molecule has 3 aliphatic rings. The van der Waals surface area contributed by atoms with Crippen LogP contribution in [0.5, 0.6) is 5.75 Å². The Balaban J connectivity index is 1.32. The largest absolute Gasteiger partial charge is 0.435 e. The number of aromatic amines is 1. The normalized spacial score (nSPS) is 29.1. The van der Waals surface area contributed by atoms with Gasteiger partial charge in [0.15, 0.2) is 0 Å². The fourth-order valence-corrected chi connectivity index (χ4v) is 5.30. The second-order valence-electron chi connectivity index (χ2n) is 8.62. The van der Waals surface area contributed by atoms with E-state index in [4.69, 9.17) is 0 Å². The molecule has 2 aromatic rings. The highest BCUT2D eigenvalue weighted by Gasteiger charge is 2.54. The zero-order chi connectivity index (χ0) is 20.9. The predicted octanol–water partition coefficient (Wildman–Crippen LogP) is 2.39. The number of hydrogen-bond acceptors (Lipinski definition) is 6. The summed E-state index contributed by atoms with van der Waals surface area (Å²) in [7, 11) is 0. The Kier molecular flexibility index (Phi) is 4.59. The van der Waals surface area contributed by atoms with Crippen LogP contribution < -0.4 is 15.0 Å². The molecule has 30 heavy (non-hydrogen) atoms. The number of nitrogens with one attached hydrogen (secondary N) is 2. The minimum Gasteiger partial charge on any atom is -0.435 e. The molecule has 160 valence electrons. The number of fused-ring (bicyclic) bond motifs is 2. The Morgan fingerprint density at radius 3 is 2.63 bits per heavy atom. The molecule has 1 aromatic carbocycles. The maximum Gasteiger partial charge on any atom is 0.387 e. The van der Waals surface area contributed by atoms with E-state index in [0.717, 1.165) is 37.7 Å². The van der Waals surface area contributed by atoms with Crippen molar-refractivity contribution >= 4 is 11.9 Å². The molecule has 8 nitrogen and oxygen atoms in total. The van der Waals surface area contributed by atoms with Crippen molar-refractivity contribution in [2.24, 2.45) is 5.92 Å². The van der Waals surface area contributed by atoms with E-state index in [2.05, 4.69) is 42.5 Å². The van der Waals surface area contributed by atoms with Gasteiger partial charge in [-0.2, -0.15) is 8.78 Å². The Labute approximate surface area is 172 Å². The molecule has 5 rings (SSSR count). The van der Waals surface area contributed by atoms with Gasteiger partial charge in [-0.1, -0.05) is 24.2 Å². The second kappa shape index (κ2) is 7.17. The zero-order valence-corrected chi connectivity index (χ0v) is 16.6. The number of aromatic nitrogens is 4. The molecule has 1 unspecified atom stereocenters. The molecule has 1 saturated carbocycles. The monoisotopic (exact) mass is 418 g/mol. The SMILES string of the molecule is C[C@@H]1CC(NC(=O)C2(c3ccc(OC(F)F)cc3)CC2)[C@@H]2CC[C@H]1N2c1nnn[nH]1. The minimum absolute atomic E-state index is 0.00298. The summed E-state index contributed by atoms with van der Waals surface area (Å²) < 4.78 is 29.2. The van der Waals surface area contributed by atoms with Gasteiger partial charge in [-0.15, -0.1) is 0 Å². The van der Waals surface area contributed by atoms with Crippen molar-refractivity contribution in [3.05, 3.63) is 29.8 Å². The molecule has 2 aliphatic heterocycles. The zero-order valence-electron chi connectivity index (χ0n) is 16.6. The fourth-order valence-electron chi connectivity index (χ4n) is 5.30. The number of piperidine rings is 1. The van der Waals surface area contributed by atoms with E-state index in [1.807, 2.05) is 0 Å². The topological polar surface area (TPSA) is 96.0 Å². The van der Waals surface area contributed by atoms with E-state index >= 15 is 0 Å². The van der Waals surface area contributed by atoms with Crippen molar-refractivity contribution in [2.75, 3.05) is 4.90 Å². The molecule has 3 heterocycles. The Morgan fingerprint density at radius 2 is 2.00 bits per heavy atom. The minimum atomic E-state index is -2.86. The van der Waals surface area contributed by atoms with Crippen LogP contribution in [0.4, 0.5) is 14.7 Å². The molecule has 1 aromatic heterocycles. The first-order chi connectivity index (χ1) is 14.5. The van der Waals surface area contributed by atoms with Gasteiger partial charge < -0.3 is 15.0 Å². The number of halogens is 2. The molecule has 0 radical (unpaired) electrons. The number of nitrogens with zero attached hydrogens (tertiary/aromatic N) is 4. The van der Waals surface area contributed by atoms with Crippen LogP contribution in [0.1, 0.15) is 44.6 Å². The van der Waals surface area contributed by atoms with E-state index in [0.29, 0.717) is 17.9 Å². The molecule has 2 bridgehead atoms. The van der Waals surface area contributed by atoms with Crippen molar-refractivity contribution in [3.8, 4) is 5.75 Å². The molecule has 1 amide bonds. The van der Waals surface area contributed by atoms with Gasteiger partial charge in [-0.25, -0.2) is 5.10 Å². The number of carbonyl (C=O) groups excluding carboxylic acids is 1.